The second kappa shape index (κ2) is 10.7. The monoisotopic (exact) mass is 444 g/mol. The average Bonchev–Trinajstić information content (AvgIpc) is 3.24. The second-order valence-electron chi connectivity index (χ2n) is 8.28. The number of aryl methyl sites for hydroxylation is 2. The summed E-state index contributed by atoms with van der Waals surface area (Å²) in [5, 5.41) is 25.1. The molecule has 0 saturated carbocycles. The zero-order chi connectivity index (χ0) is 24.0. The van der Waals surface area contributed by atoms with E-state index in [1.165, 1.54) is 16.7 Å². The minimum Gasteiger partial charge on any atom is -0.494 e. The number of benzene rings is 2. The first-order chi connectivity index (χ1) is 15.8. The molecule has 0 amide bonds. The van der Waals surface area contributed by atoms with Crippen molar-refractivity contribution >= 4 is 33.7 Å². The molecular formula is C26H32N6O. The van der Waals surface area contributed by atoms with Gasteiger partial charge in [0.25, 0.3) is 0 Å². The van der Waals surface area contributed by atoms with Gasteiger partial charge >= 0.3 is 0 Å². The fourth-order valence-electron chi connectivity index (χ4n) is 3.57. The number of anilines is 2. The van der Waals surface area contributed by atoms with Gasteiger partial charge in [-0.3, -0.25) is 0 Å². The van der Waals surface area contributed by atoms with Gasteiger partial charge in [0.15, 0.2) is 5.82 Å². The smallest absolute Gasteiger partial charge is 0.160 e. The lowest BCUT2D eigenvalue weighted by Gasteiger charge is -2.09. The van der Waals surface area contributed by atoms with E-state index in [0.29, 0.717) is 0 Å². The van der Waals surface area contributed by atoms with Crippen molar-refractivity contribution in [2.75, 3.05) is 11.9 Å². The van der Waals surface area contributed by atoms with E-state index in [4.69, 9.17) is 4.74 Å². The van der Waals surface area contributed by atoms with Gasteiger partial charge in [-0.05, 0) is 78.8 Å². The average molecular weight is 445 g/mol. The summed E-state index contributed by atoms with van der Waals surface area (Å²) < 4.78 is 5.26. The van der Waals surface area contributed by atoms with Crippen molar-refractivity contribution in [2.24, 2.45) is 0 Å². The summed E-state index contributed by atoms with van der Waals surface area (Å²) in [6.07, 6.45) is 0. The molecule has 0 aliphatic rings. The van der Waals surface area contributed by atoms with E-state index in [0.717, 1.165) is 51.0 Å². The molecule has 33 heavy (non-hydrogen) atoms. The molecular weight excluding hydrogens is 412 g/mol. The number of nitrogens with zero attached hydrogens (tertiary/aromatic N) is 4. The molecule has 0 unspecified atom stereocenters. The highest BCUT2D eigenvalue weighted by Crippen LogP contribution is 2.17. The quantitative estimate of drug-likeness (QED) is 0.479. The summed E-state index contributed by atoms with van der Waals surface area (Å²) in [7, 11) is 0. The van der Waals surface area contributed by atoms with E-state index < -0.39 is 0 Å². The Morgan fingerprint density at radius 2 is 1.52 bits per heavy atom. The van der Waals surface area contributed by atoms with Gasteiger partial charge in [-0.2, -0.15) is 20.5 Å². The molecule has 0 atom stereocenters. The Bertz CT molecular complexity index is 1350. The highest BCUT2D eigenvalue weighted by Gasteiger charge is 2.07. The Morgan fingerprint density at radius 3 is 2.15 bits per heavy atom. The molecule has 2 aromatic carbocycles. The Balaban J connectivity index is 0.000000257. The maximum absolute atomic E-state index is 5.26. The Labute approximate surface area is 194 Å². The van der Waals surface area contributed by atoms with Crippen LogP contribution in [0.15, 0.2) is 42.5 Å². The summed E-state index contributed by atoms with van der Waals surface area (Å²) in [5.74, 6) is 1.71. The molecule has 2 N–H and O–H groups in total. The van der Waals surface area contributed by atoms with Gasteiger partial charge in [-0.25, -0.2) is 0 Å². The van der Waals surface area contributed by atoms with Gasteiger partial charge in [0.05, 0.1) is 12.3 Å². The third-order valence-electron chi connectivity index (χ3n) is 5.06. The van der Waals surface area contributed by atoms with Crippen LogP contribution in [0.1, 0.15) is 45.9 Å². The molecule has 7 nitrogen and oxygen atoms in total. The van der Waals surface area contributed by atoms with Gasteiger partial charge in [0, 0.05) is 16.1 Å². The minimum atomic E-state index is 0.739. The van der Waals surface area contributed by atoms with Crippen molar-refractivity contribution < 1.29 is 4.74 Å². The molecule has 0 bridgehead atoms. The van der Waals surface area contributed by atoms with Gasteiger partial charge in [-0.1, -0.05) is 28.8 Å². The van der Waals surface area contributed by atoms with Crippen LogP contribution in [0, 0.1) is 13.8 Å². The number of hydrogen-bond donors (Lipinski definition) is 2. The molecule has 0 fully saturated rings. The summed E-state index contributed by atoms with van der Waals surface area (Å²) in [6, 6.07) is 13.9. The summed E-state index contributed by atoms with van der Waals surface area (Å²) in [5.41, 5.74) is 7.19. The van der Waals surface area contributed by atoms with Crippen molar-refractivity contribution in [1.29, 1.82) is 0 Å². The Hall–Kier alpha value is -3.74. The summed E-state index contributed by atoms with van der Waals surface area (Å²) in [4.78, 5) is 0. The highest BCUT2D eigenvalue weighted by atomic mass is 16.5. The third-order valence-corrected chi connectivity index (χ3v) is 5.06. The maximum atomic E-state index is 5.26. The predicted molar refractivity (Wildman–Crippen MR) is 135 cm³/mol. The van der Waals surface area contributed by atoms with Crippen LogP contribution in [-0.2, 0) is 0 Å². The largest absolute Gasteiger partial charge is 0.494 e. The van der Waals surface area contributed by atoms with Gasteiger partial charge < -0.3 is 10.1 Å². The van der Waals surface area contributed by atoms with Crippen molar-refractivity contribution in [3.05, 3.63) is 64.2 Å². The number of hydrogen-bond acceptors (Lipinski definition) is 6. The Kier molecular flexibility index (Phi) is 7.77. The molecule has 0 spiro atoms. The second-order valence-corrected chi connectivity index (χ2v) is 8.28. The molecule has 0 saturated heterocycles. The van der Waals surface area contributed by atoms with E-state index in [1.54, 1.807) is 0 Å². The first-order valence-electron chi connectivity index (χ1n) is 11.1. The first-order valence-corrected chi connectivity index (χ1v) is 11.1. The SMILES string of the molecule is CC(C)=c1c(C)nnc(Nc2ccc3n[nH]nc3c2)c1=C(C)C.CCOc1ccc(C)cc1. The lowest BCUT2D eigenvalue weighted by molar-refractivity contribution is 0.340. The van der Waals surface area contributed by atoms with Gasteiger partial charge in [0.1, 0.15) is 16.8 Å². The number of ether oxygens (including phenoxy) is 1. The lowest BCUT2D eigenvalue weighted by atomic mass is 10.1. The summed E-state index contributed by atoms with van der Waals surface area (Å²) in [6.45, 7) is 15.2. The molecule has 2 aromatic heterocycles. The molecule has 172 valence electrons. The number of fused-ring (bicyclic) bond motifs is 1. The highest BCUT2D eigenvalue weighted by molar-refractivity contribution is 5.79. The van der Waals surface area contributed by atoms with Crippen LogP contribution in [0.2, 0.25) is 0 Å². The minimum absolute atomic E-state index is 0.739. The van der Waals surface area contributed by atoms with Crippen LogP contribution in [-0.4, -0.2) is 32.2 Å². The number of nitrogens with one attached hydrogen (secondary N) is 2. The van der Waals surface area contributed by atoms with Gasteiger partial charge in [0.2, 0.25) is 0 Å². The molecule has 2 heterocycles. The fraction of sp³-hybridized carbons (Fsp3) is 0.308. The van der Waals surface area contributed by atoms with E-state index in [2.05, 4.69) is 65.5 Å². The number of H-pyrrole nitrogens is 1. The molecule has 0 aliphatic heterocycles. The normalized spacial score (nSPS) is 10.4. The van der Waals surface area contributed by atoms with Crippen molar-refractivity contribution in [2.45, 2.75) is 48.5 Å². The van der Waals surface area contributed by atoms with Crippen LogP contribution in [0.4, 0.5) is 11.5 Å². The molecule has 7 heteroatoms. The molecule has 4 aromatic rings. The first kappa shape index (κ1) is 23.9. The van der Waals surface area contributed by atoms with Gasteiger partial charge in [-0.15, -0.1) is 5.10 Å². The van der Waals surface area contributed by atoms with E-state index in [9.17, 15) is 0 Å². The topological polar surface area (TPSA) is 88.6 Å². The summed E-state index contributed by atoms with van der Waals surface area (Å²) >= 11 is 0. The number of rotatable bonds is 4. The van der Waals surface area contributed by atoms with Crippen molar-refractivity contribution in [3.8, 4) is 5.75 Å². The predicted octanol–water partition coefficient (Wildman–Crippen LogP) is 4.57. The maximum Gasteiger partial charge on any atom is 0.160 e. The van der Waals surface area contributed by atoms with Crippen LogP contribution in [0.25, 0.3) is 22.2 Å². The van der Waals surface area contributed by atoms with Crippen LogP contribution < -0.4 is 20.5 Å². The number of aromatic nitrogens is 5. The van der Waals surface area contributed by atoms with Crippen LogP contribution in [0.5, 0.6) is 5.75 Å². The fourth-order valence-corrected chi connectivity index (χ4v) is 3.57. The lowest BCUT2D eigenvalue weighted by Crippen LogP contribution is -2.35. The van der Waals surface area contributed by atoms with Crippen molar-refractivity contribution in [1.82, 2.24) is 25.6 Å². The molecule has 0 radical (unpaired) electrons. The zero-order valence-corrected chi connectivity index (χ0v) is 20.4. The Morgan fingerprint density at radius 1 is 0.848 bits per heavy atom. The van der Waals surface area contributed by atoms with Crippen LogP contribution >= 0.6 is 0 Å². The molecule has 0 aliphatic carbocycles. The standard InChI is InChI=1S/C17H20N6.C9H12O/c1-9(2)15-11(5)19-22-17(16(15)10(3)4)18-12-6-7-13-14(8-12)21-23-20-13;1-3-10-9-6-4-8(2)5-7-9/h6-8H,1-5H3,(H,18,22)(H,20,21,23);4-7H,3H2,1-2H3. The van der Waals surface area contributed by atoms with Crippen molar-refractivity contribution in [3.63, 3.8) is 0 Å². The number of aromatic amines is 1. The van der Waals surface area contributed by atoms with Crippen LogP contribution in [0.3, 0.4) is 0 Å². The van der Waals surface area contributed by atoms with E-state index in [1.807, 2.05) is 56.3 Å². The molecule has 4 rings (SSSR count). The third kappa shape index (κ3) is 5.94. The van der Waals surface area contributed by atoms with E-state index >= 15 is 0 Å². The van der Waals surface area contributed by atoms with E-state index in [-0.39, 0.29) is 0 Å². The zero-order valence-electron chi connectivity index (χ0n) is 20.4.